The number of aryl methyl sites for hydroxylation is 1. The molecule has 0 atom stereocenters. The largest absolute Gasteiger partial charge is 0.512 e. The first-order chi connectivity index (χ1) is 8.02. The van der Waals surface area contributed by atoms with Gasteiger partial charge in [0.15, 0.2) is 0 Å². The van der Waals surface area contributed by atoms with Crippen molar-refractivity contribution >= 4 is 5.88 Å². The average Bonchev–Trinajstić information content (AvgIpc) is 2.65. The number of hydrogen-bond donors (Lipinski definition) is 3. The van der Waals surface area contributed by atoms with Crippen LogP contribution in [0.15, 0.2) is 39.3 Å². The number of aliphatic hydroxyl groups is 2. The molecule has 0 aromatic carbocycles. The minimum atomic E-state index is -0.727. The van der Waals surface area contributed by atoms with Crippen molar-refractivity contribution in [2.24, 2.45) is 0 Å². The van der Waals surface area contributed by atoms with Crippen LogP contribution in [0.3, 0.4) is 0 Å². The monoisotopic (exact) mass is 241 g/mol. The Labute approximate surface area is 94.2 Å². The molecule has 88 valence electrons. The second kappa shape index (κ2) is 3.73. The number of nitrogens with one attached hydrogen (secondary N) is 1. The van der Waals surface area contributed by atoms with Gasteiger partial charge in [-0.15, -0.1) is 0 Å². The van der Waals surface area contributed by atoms with E-state index in [0.717, 1.165) is 4.57 Å². The standard InChI is InChI=1S/C10H8N2O5/c1-5-3-12(10(16)11-9(5)15)8-2-6(14)7(4-13)17-8/h3-4,13-14H,1H3,(H,11,15,16)/b7-4-/i2+1,4+1,6+1,7+1,8+1. The van der Waals surface area contributed by atoms with Crippen molar-refractivity contribution in [3.05, 3.63) is 56.1 Å². The molecule has 0 spiro atoms. The lowest BCUT2D eigenvalue weighted by Gasteiger charge is -2.06. The fraction of sp³-hybridized carbons (Fsp3) is 0.100. The van der Waals surface area contributed by atoms with Gasteiger partial charge in [-0.3, -0.25) is 9.78 Å². The Bertz CT molecular complexity index is 685. The average molecular weight is 241 g/mol. The molecule has 17 heavy (non-hydrogen) atoms. The predicted molar refractivity (Wildman–Crippen MR) is 57.2 cm³/mol. The van der Waals surface area contributed by atoms with Crippen LogP contribution in [0.5, 0.6) is 0 Å². The summed E-state index contributed by atoms with van der Waals surface area (Å²) in [7, 11) is 0. The molecule has 1 aromatic rings. The zero-order valence-electron chi connectivity index (χ0n) is 8.72. The van der Waals surface area contributed by atoms with Gasteiger partial charge >= 0.3 is 5.69 Å². The van der Waals surface area contributed by atoms with Crippen LogP contribution in [0.1, 0.15) is 5.56 Å². The Morgan fingerprint density at radius 2 is 2.24 bits per heavy atom. The molecule has 0 unspecified atom stereocenters. The first kappa shape index (κ1) is 10.8. The van der Waals surface area contributed by atoms with Gasteiger partial charge in [-0.05, 0) is 12.7 Å². The second-order valence-corrected chi connectivity index (χ2v) is 3.32. The van der Waals surface area contributed by atoms with Crippen LogP contribution in [-0.2, 0) is 4.74 Å². The van der Waals surface area contributed by atoms with Gasteiger partial charge in [-0.2, -0.15) is 0 Å². The first-order valence-electron chi connectivity index (χ1n) is 4.58. The number of aromatic amines is 1. The molecule has 7 heteroatoms. The van der Waals surface area contributed by atoms with Gasteiger partial charge in [0.1, 0.15) is 6.26 Å². The highest BCUT2D eigenvalue weighted by Crippen LogP contribution is 2.21. The van der Waals surface area contributed by atoms with Gasteiger partial charge in [0.2, 0.25) is 11.5 Å². The molecule has 7 nitrogen and oxygen atoms in total. The lowest BCUT2D eigenvalue weighted by atomic mass is 10.4. The van der Waals surface area contributed by atoms with Gasteiger partial charge in [0, 0.05) is 11.8 Å². The molecular weight excluding hydrogens is 233 g/mol. The van der Waals surface area contributed by atoms with Crippen LogP contribution in [0.4, 0.5) is 0 Å². The van der Waals surface area contributed by atoms with E-state index in [-0.39, 0.29) is 11.6 Å². The Balaban J connectivity index is 2.60. The van der Waals surface area contributed by atoms with E-state index in [2.05, 4.69) is 10.7 Å². The van der Waals surface area contributed by atoms with E-state index in [1.165, 1.54) is 13.1 Å². The van der Waals surface area contributed by atoms with Gasteiger partial charge in [0.05, 0.1) is 0 Å². The number of rotatable bonds is 1. The predicted octanol–water partition coefficient (Wildman–Crippen LogP) is 0.114. The number of aromatic nitrogens is 2. The molecule has 0 saturated heterocycles. The maximum absolute atomic E-state index is 11.5. The molecule has 1 aliphatic rings. The van der Waals surface area contributed by atoms with Crippen molar-refractivity contribution in [1.29, 1.82) is 0 Å². The summed E-state index contributed by atoms with van der Waals surface area (Å²) >= 11 is 0. The highest BCUT2D eigenvalue weighted by molar-refractivity contribution is 5.47. The van der Waals surface area contributed by atoms with E-state index >= 15 is 0 Å². The maximum atomic E-state index is 11.5. The molecule has 2 heterocycles. The van der Waals surface area contributed by atoms with Gasteiger partial charge < -0.3 is 14.9 Å². The van der Waals surface area contributed by atoms with Crippen LogP contribution in [0.2, 0.25) is 0 Å². The lowest BCUT2D eigenvalue weighted by Crippen LogP contribution is -2.30. The summed E-state index contributed by atoms with van der Waals surface area (Å²) in [5.74, 6) is -0.791. The van der Waals surface area contributed by atoms with Crippen molar-refractivity contribution in [3.63, 3.8) is 0 Å². The summed E-state index contributed by atoms with van der Waals surface area (Å²) in [6, 6.07) is 0. The minimum absolute atomic E-state index is 0.132. The van der Waals surface area contributed by atoms with Crippen LogP contribution < -0.4 is 11.2 Å². The normalized spacial score (nSPS) is 16.6. The molecule has 3 N–H and O–H groups in total. The number of ether oxygens (including phenoxy) is 1. The summed E-state index contributed by atoms with van der Waals surface area (Å²) in [5.41, 5.74) is 1.40. The molecule has 0 fully saturated rings. The third-order valence-corrected chi connectivity index (χ3v) is 2.12. The van der Waals surface area contributed by atoms with Crippen LogP contribution >= 0.6 is 0 Å². The van der Waals surface area contributed by atoms with Crippen molar-refractivity contribution in [3.8, 4) is 0 Å². The fourth-order valence-corrected chi connectivity index (χ4v) is 1.26. The summed E-state index contributed by atoms with van der Waals surface area (Å²) < 4.78 is 5.92. The summed E-state index contributed by atoms with van der Waals surface area (Å²) in [5, 5.41) is 18.0. The smallest absolute Gasteiger partial charge is 0.335 e. The second-order valence-electron chi connectivity index (χ2n) is 3.32. The van der Waals surface area contributed by atoms with E-state index < -0.39 is 17.0 Å². The molecule has 0 radical (unpaired) electrons. The highest BCUT2D eigenvalue weighted by atomic mass is 16.7. The van der Waals surface area contributed by atoms with Gasteiger partial charge in [0.25, 0.3) is 11.4 Å². The van der Waals surface area contributed by atoms with Gasteiger partial charge in [-0.25, -0.2) is 9.36 Å². The minimum Gasteiger partial charge on any atom is -0.512 e. The Morgan fingerprint density at radius 1 is 1.53 bits per heavy atom. The molecule has 1 aromatic heterocycles. The SMILES string of the molecule is Cc1cn([13C]2=[13C]=[13C](O)/[13C](=[13CH]/O)O2)c(=O)[nH]c1=O. The van der Waals surface area contributed by atoms with Crippen LogP contribution in [0.25, 0.3) is 5.88 Å². The quantitative estimate of drug-likeness (QED) is 0.368. The fourth-order valence-electron chi connectivity index (χ4n) is 1.26. The summed E-state index contributed by atoms with van der Waals surface area (Å²) in [4.78, 5) is 24.7. The Morgan fingerprint density at radius 3 is 2.82 bits per heavy atom. The molecule has 0 bridgehead atoms. The molecule has 0 saturated carbocycles. The zero-order valence-corrected chi connectivity index (χ0v) is 8.72. The number of hydrogen-bond acceptors (Lipinski definition) is 5. The summed E-state index contributed by atoms with van der Waals surface area (Å²) in [6.07, 6.45) is 1.79. The zero-order chi connectivity index (χ0) is 12.6. The molecule has 0 amide bonds. The Hall–Kier alpha value is -2.66. The van der Waals surface area contributed by atoms with E-state index in [1.54, 1.807) is 0 Å². The maximum Gasteiger partial charge on any atom is 0.335 e. The molecule has 0 aliphatic carbocycles. The highest BCUT2D eigenvalue weighted by Gasteiger charge is 2.19. The van der Waals surface area contributed by atoms with Crippen molar-refractivity contribution in [2.75, 3.05) is 0 Å². The summed E-state index contributed by atoms with van der Waals surface area (Å²) in [6.45, 7) is 1.51. The van der Waals surface area contributed by atoms with E-state index in [0.29, 0.717) is 11.8 Å². The Kier molecular flexibility index (Phi) is 2.38. The van der Waals surface area contributed by atoms with Crippen LogP contribution in [-0.4, -0.2) is 19.8 Å². The third kappa shape index (κ3) is 1.75. The van der Waals surface area contributed by atoms with Crippen molar-refractivity contribution in [2.45, 2.75) is 6.92 Å². The molecule has 1 aliphatic heterocycles. The van der Waals surface area contributed by atoms with Crippen molar-refractivity contribution in [1.82, 2.24) is 9.55 Å². The van der Waals surface area contributed by atoms with Gasteiger partial charge in [-0.1, -0.05) is 0 Å². The van der Waals surface area contributed by atoms with E-state index in [1.807, 2.05) is 0 Å². The molecular formula is C10H8N2O5. The third-order valence-electron chi connectivity index (χ3n) is 2.12. The number of nitrogens with zero attached hydrogens (tertiary/aromatic N) is 1. The van der Waals surface area contributed by atoms with Crippen molar-refractivity contribution < 1.29 is 14.9 Å². The molecule has 2 rings (SSSR count). The lowest BCUT2D eigenvalue weighted by molar-refractivity contribution is 0.298. The van der Waals surface area contributed by atoms with E-state index in [4.69, 9.17) is 9.84 Å². The van der Waals surface area contributed by atoms with E-state index in [9.17, 15) is 14.7 Å². The number of aliphatic hydroxyl groups excluding tert-OH is 2. The topological polar surface area (TPSA) is 105 Å². The number of H-pyrrole nitrogens is 1. The van der Waals surface area contributed by atoms with Crippen LogP contribution in [0, 0.1) is 6.92 Å². The first-order valence-corrected chi connectivity index (χ1v) is 4.58.